The third kappa shape index (κ3) is 3.10. The van der Waals surface area contributed by atoms with Crippen molar-refractivity contribution in [1.82, 2.24) is 25.0 Å². The summed E-state index contributed by atoms with van der Waals surface area (Å²) in [4.78, 5) is 10.6. The normalized spacial score (nSPS) is 17.4. The number of aromatic nitrogens is 5. The number of aliphatic hydroxyl groups is 1. The summed E-state index contributed by atoms with van der Waals surface area (Å²) in [6.07, 6.45) is 0.335. The lowest BCUT2D eigenvalue weighted by molar-refractivity contribution is 0.198. The van der Waals surface area contributed by atoms with Gasteiger partial charge in [0.2, 0.25) is 5.28 Å². The fourth-order valence-electron chi connectivity index (χ4n) is 2.98. The topological polar surface area (TPSA) is 89.2 Å². The molecule has 2 aromatic heterocycles. The van der Waals surface area contributed by atoms with Crippen molar-refractivity contribution >= 4 is 28.6 Å². The zero-order valence-corrected chi connectivity index (χ0v) is 14.4. The molecule has 25 heavy (non-hydrogen) atoms. The number of aliphatic hydroxyl groups excluding tert-OH is 1. The van der Waals surface area contributed by atoms with E-state index in [-0.39, 0.29) is 11.4 Å². The predicted octanol–water partition coefficient (Wildman–Crippen LogP) is 1.50. The lowest BCUT2D eigenvalue weighted by Gasteiger charge is -2.16. The van der Waals surface area contributed by atoms with Crippen LogP contribution < -0.4 is 9.64 Å². The molecule has 1 N–H and O–H groups in total. The monoisotopic (exact) mass is 360 g/mol. The van der Waals surface area contributed by atoms with E-state index in [4.69, 9.17) is 16.3 Å². The number of benzene rings is 1. The average molecular weight is 361 g/mol. The summed E-state index contributed by atoms with van der Waals surface area (Å²) in [6, 6.07) is 7.72. The molecule has 0 spiro atoms. The third-order valence-corrected chi connectivity index (χ3v) is 4.44. The zero-order valence-electron chi connectivity index (χ0n) is 13.6. The van der Waals surface area contributed by atoms with Crippen molar-refractivity contribution < 1.29 is 9.84 Å². The van der Waals surface area contributed by atoms with Gasteiger partial charge in [0.05, 0.1) is 19.8 Å². The van der Waals surface area contributed by atoms with Crippen molar-refractivity contribution in [2.45, 2.75) is 19.1 Å². The molecule has 3 heterocycles. The summed E-state index contributed by atoms with van der Waals surface area (Å²) in [5, 5.41) is 18.4. The number of hydrogen-bond donors (Lipinski definition) is 1. The molecule has 8 nitrogen and oxygen atoms in total. The van der Waals surface area contributed by atoms with E-state index in [2.05, 4.69) is 20.3 Å². The molecular formula is C16H17ClN6O2. The van der Waals surface area contributed by atoms with Crippen molar-refractivity contribution in [3.8, 4) is 5.75 Å². The summed E-state index contributed by atoms with van der Waals surface area (Å²) in [6.45, 7) is 1.72. The molecule has 0 aliphatic carbocycles. The average Bonchev–Trinajstić information content (AvgIpc) is 3.22. The molecule has 0 saturated carbocycles. The second-order valence-corrected chi connectivity index (χ2v) is 6.31. The summed E-state index contributed by atoms with van der Waals surface area (Å²) >= 11 is 6.11. The number of anilines is 1. The highest BCUT2D eigenvalue weighted by molar-refractivity contribution is 6.28. The quantitative estimate of drug-likeness (QED) is 0.705. The number of methoxy groups -OCH3 is 1. The Bertz CT molecular complexity index is 898. The Morgan fingerprint density at radius 1 is 1.28 bits per heavy atom. The van der Waals surface area contributed by atoms with Crippen LogP contribution in [0.3, 0.4) is 0 Å². The first-order chi connectivity index (χ1) is 12.1. The minimum absolute atomic E-state index is 0.141. The number of ether oxygens (including phenoxy) is 1. The summed E-state index contributed by atoms with van der Waals surface area (Å²) in [5.41, 5.74) is 2.21. The van der Waals surface area contributed by atoms with Crippen molar-refractivity contribution in [2.75, 3.05) is 25.1 Å². The van der Waals surface area contributed by atoms with Gasteiger partial charge in [-0.3, -0.25) is 0 Å². The Morgan fingerprint density at radius 3 is 2.76 bits per heavy atom. The van der Waals surface area contributed by atoms with E-state index in [0.717, 1.165) is 11.3 Å². The molecule has 0 bridgehead atoms. The van der Waals surface area contributed by atoms with Crippen LogP contribution in [0, 0.1) is 0 Å². The van der Waals surface area contributed by atoms with Gasteiger partial charge < -0.3 is 14.7 Å². The molecule has 3 aromatic rings. The first-order valence-electron chi connectivity index (χ1n) is 7.96. The zero-order chi connectivity index (χ0) is 17.4. The Balaban J connectivity index is 1.69. The first-order valence-corrected chi connectivity index (χ1v) is 8.34. The highest BCUT2D eigenvalue weighted by Crippen LogP contribution is 2.27. The van der Waals surface area contributed by atoms with Gasteiger partial charge in [-0.05, 0) is 35.7 Å². The van der Waals surface area contributed by atoms with Crippen LogP contribution in [0.15, 0.2) is 24.3 Å². The van der Waals surface area contributed by atoms with E-state index in [1.54, 1.807) is 11.8 Å². The van der Waals surface area contributed by atoms with Gasteiger partial charge in [0.1, 0.15) is 5.75 Å². The minimum atomic E-state index is -0.363. The van der Waals surface area contributed by atoms with Gasteiger partial charge in [-0.25, -0.2) is 4.68 Å². The number of rotatable bonds is 4. The van der Waals surface area contributed by atoms with Gasteiger partial charge in [0, 0.05) is 13.1 Å². The van der Waals surface area contributed by atoms with Crippen molar-refractivity contribution in [3.63, 3.8) is 0 Å². The summed E-state index contributed by atoms with van der Waals surface area (Å²) in [5.74, 6) is 1.42. The molecule has 9 heteroatoms. The summed E-state index contributed by atoms with van der Waals surface area (Å²) in [7, 11) is 1.63. The largest absolute Gasteiger partial charge is 0.497 e. The van der Waals surface area contributed by atoms with E-state index in [1.165, 1.54) is 0 Å². The van der Waals surface area contributed by atoms with Gasteiger partial charge in [-0.1, -0.05) is 17.3 Å². The molecule has 1 atom stereocenters. The van der Waals surface area contributed by atoms with E-state index < -0.39 is 0 Å². The molecule has 1 saturated heterocycles. The molecule has 1 fully saturated rings. The SMILES string of the molecule is COc1ccc(Cn2nnc3c(N4CCC(O)C4)nc(Cl)nc32)cc1. The fraction of sp³-hybridized carbons (Fsp3) is 0.375. The van der Waals surface area contributed by atoms with Crippen LogP contribution >= 0.6 is 11.6 Å². The number of fused-ring (bicyclic) bond motifs is 1. The van der Waals surface area contributed by atoms with Crippen molar-refractivity contribution in [1.29, 1.82) is 0 Å². The van der Waals surface area contributed by atoms with E-state index >= 15 is 0 Å². The number of nitrogens with zero attached hydrogens (tertiary/aromatic N) is 6. The highest BCUT2D eigenvalue weighted by Gasteiger charge is 2.26. The fourth-order valence-corrected chi connectivity index (χ4v) is 3.14. The van der Waals surface area contributed by atoms with Crippen LogP contribution in [0.1, 0.15) is 12.0 Å². The molecule has 1 unspecified atom stereocenters. The van der Waals surface area contributed by atoms with E-state index in [1.807, 2.05) is 29.2 Å². The molecule has 4 rings (SSSR count). The maximum atomic E-state index is 9.78. The molecule has 1 aliphatic rings. The van der Waals surface area contributed by atoms with Gasteiger partial charge in [0.25, 0.3) is 0 Å². The molecule has 1 aliphatic heterocycles. The second kappa shape index (κ2) is 6.45. The number of hydrogen-bond acceptors (Lipinski definition) is 7. The van der Waals surface area contributed by atoms with Crippen molar-refractivity contribution in [3.05, 3.63) is 35.1 Å². The number of β-amino-alcohol motifs (C(OH)–C–C–N with tert-alkyl or cyclic N) is 1. The Labute approximate surface area is 149 Å². The molecule has 1 aromatic carbocycles. The van der Waals surface area contributed by atoms with E-state index in [9.17, 15) is 5.11 Å². The van der Waals surface area contributed by atoms with Gasteiger partial charge >= 0.3 is 0 Å². The molecule has 130 valence electrons. The summed E-state index contributed by atoms with van der Waals surface area (Å²) < 4.78 is 6.87. The predicted molar refractivity (Wildman–Crippen MR) is 93.1 cm³/mol. The molecule has 0 radical (unpaired) electrons. The van der Waals surface area contributed by atoms with Gasteiger partial charge in [0.15, 0.2) is 17.0 Å². The molecule has 0 amide bonds. The maximum Gasteiger partial charge on any atom is 0.226 e. The maximum absolute atomic E-state index is 9.78. The van der Waals surface area contributed by atoms with Crippen molar-refractivity contribution in [2.24, 2.45) is 0 Å². The second-order valence-electron chi connectivity index (χ2n) is 5.97. The number of halogens is 1. The molecular weight excluding hydrogens is 344 g/mol. The standard InChI is InChI=1S/C16H17ClN6O2/c1-25-12-4-2-10(3-5-12)8-23-15-13(20-21-23)14(18-16(17)19-15)22-7-6-11(24)9-22/h2-5,11,24H,6-9H2,1H3. The first kappa shape index (κ1) is 16.0. The lowest BCUT2D eigenvalue weighted by Crippen LogP contribution is -2.22. The third-order valence-electron chi connectivity index (χ3n) is 4.27. The van der Waals surface area contributed by atoms with Crippen LogP contribution in [0.5, 0.6) is 5.75 Å². The Morgan fingerprint density at radius 2 is 2.08 bits per heavy atom. The van der Waals surface area contributed by atoms with E-state index in [0.29, 0.717) is 43.0 Å². The minimum Gasteiger partial charge on any atom is -0.497 e. The Hall–Kier alpha value is -2.45. The van der Waals surface area contributed by atoms with Crippen LogP contribution in [0.2, 0.25) is 5.28 Å². The van der Waals surface area contributed by atoms with Crippen LogP contribution in [0.4, 0.5) is 5.82 Å². The van der Waals surface area contributed by atoms with Crippen LogP contribution in [-0.2, 0) is 6.54 Å². The smallest absolute Gasteiger partial charge is 0.226 e. The van der Waals surface area contributed by atoms with Gasteiger partial charge in [-0.15, -0.1) is 5.10 Å². The van der Waals surface area contributed by atoms with Gasteiger partial charge in [-0.2, -0.15) is 9.97 Å². The van der Waals surface area contributed by atoms with Crippen LogP contribution in [0.25, 0.3) is 11.2 Å². The Kier molecular flexibility index (Phi) is 4.14. The van der Waals surface area contributed by atoms with Crippen LogP contribution in [-0.4, -0.2) is 56.4 Å². The lowest BCUT2D eigenvalue weighted by atomic mass is 10.2. The highest BCUT2D eigenvalue weighted by atomic mass is 35.5.